The Bertz CT molecular complexity index is 4300. The Labute approximate surface area is 697 Å². The van der Waals surface area contributed by atoms with Gasteiger partial charge in [-0.05, 0) is 352 Å². The molecule has 4 N–H and O–H groups in total. The van der Waals surface area contributed by atoms with Gasteiger partial charge in [-0.15, -0.1) is 10.2 Å². The smallest absolute Gasteiger partial charge is 0.157 e. The van der Waals surface area contributed by atoms with Crippen molar-refractivity contribution >= 4 is 101 Å². The lowest BCUT2D eigenvalue weighted by Gasteiger charge is -2.62. The van der Waals surface area contributed by atoms with Crippen molar-refractivity contribution in [2.24, 2.45) is 121 Å². The average molecular weight is 1690 g/mol. The van der Waals surface area contributed by atoms with Gasteiger partial charge in [0.25, 0.3) is 0 Å². The van der Waals surface area contributed by atoms with Crippen molar-refractivity contribution in [3.05, 3.63) is 69.7 Å². The molecular weight excluding hydrogens is 1550 g/mol. The number of Topliss-reactive ketones (excluding diaryl/α,β-unsaturated/α-hetero) is 3. The molecule has 12 aliphatic carbocycles. The van der Waals surface area contributed by atoms with Gasteiger partial charge in [0.05, 0.1) is 53.0 Å². The largest absolute Gasteiger partial charge is 0.390 e. The molecule has 6 aromatic rings. The molecule has 113 heavy (non-hydrogen) atoms. The number of hydrogen-bond acceptors (Lipinski definition) is 15. The average Bonchev–Trinajstić information content (AvgIpc) is 1.71. The molecule has 12 fully saturated rings. The van der Waals surface area contributed by atoms with E-state index in [2.05, 4.69) is 72.7 Å². The number of ether oxygens (including phenoxy) is 3. The number of aromatic amines is 1. The van der Waals surface area contributed by atoms with Crippen molar-refractivity contribution in [1.82, 2.24) is 45.4 Å². The Morgan fingerprint density at radius 1 is 0.425 bits per heavy atom. The van der Waals surface area contributed by atoms with Gasteiger partial charge < -0.3 is 29.5 Å². The van der Waals surface area contributed by atoms with E-state index in [1.165, 1.54) is 70.6 Å². The summed E-state index contributed by atoms with van der Waals surface area (Å²) in [4.78, 5) is 40.1. The topological polar surface area (TPSA) is 243 Å². The van der Waals surface area contributed by atoms with E-state index in [1.54, 1.807) is 27.6 Å². The van der Waals surface area contributed by atoms with Gasteiger partial charge in [0.2, 0.25) is 0 Å². The second-order valence-corrected chi connectivity index (χ2v) is 40.7. The molecule has 0 spiro atoms. The van der Waals surface area contributed by atoms with Crippen LogP contribution >= 0.6 is 50.7 Å². The van der Waals surface area contributed by atoms with Crippen LogP contribution in [0.2, 0.25) is 15.1 Å². The lowest BCUT2D eigenvalue weighted by molar-refractivity contribution is -0.175. The number of rotatable bonds is 14. The van der Waals surface area contributed by atoms with E-state index >= 15 is 0 Å². The maximum atomic E-state index is 13.8. The van der Waals surface area contributed by atoms with Crippen molar-refractivity contribution in [2.45, 2.75) is 275 Å². The Morgan fingerprint density at radius 2 is 0.779 bits per heavy atom. The monoisotopic (exact) mass is 1680 g/mol. The fourth-order valence-electron chi connectivity index (χ4n) is 28.5. The number of ketones is 3. The van der Waals surface area contributed by atoms with Gasteiger partial charge in [-0.3, -0.25) is 14.4 Å². The van der Waals surface area contributed by atoms with Crippen LogP contribution in [0.4, 0.5) is 0 Å². The summed E-state index contributed by atoms with van der Waals surface area (Å²) >= 11 is 21.4. The van der Waals surface area contributed by atoms with Gasteiger partial charge in [0.15, 0.2) is 11.6 Å². The van der Waals surface area contributed by atoms with Crippen molar-refractivity contribution in [1.29, 1.82) is 0 Å². The Kier molecular flexibility index (Phi) is 27.5. The Balaban J connectivity index is 0.000000156. The van der Waals surface area contributed by atoms with Crippen molar-refractivity contribution in [2.75, 3.05) is 46.5 Å². The summed E-state index contributed by atoms with van der Waals surface area (Å²) in [7, 11) is 5.55. The van der Waals surface area contributed by atoms with Crippen LogP contribution in [0, 0.1) is 121 Å². The molecule has 12 saturated carbocycles. The summed E-state index contributed by atoms with van der Waals surface area (Å²) in [6.45, 7) is 16.3. The molecule has 0 unspecified atom stereocenters. The van der Waals surface area contributed by atoms with Crippen LogP contribution in [-0.2, 0) is 41.7 Å². The number of benzene rings is 3. The van der Waals surface area contributed by atoms with Crippen LogP contribution in [0.5, 0.6) is 0 Å². The van der Waals surface area contributed by atoms with E-state index in [1.807, 2.05) is 78.5 Å². The standard InChI is InChI=1S/2C29H40ClN3O3.C23H37BrO3.C6H4ClN3.4CH4/c1-27(35)12-13-29(17-36-3)18(15-27)4-6-20-21-7-8-23(28(21,2)11-10-22(20)29)26(34)16-33-25-9-5-19(30)14-24(25)31-32-33;1-27(35)12-13-29(17-36-3)18(15-27)4-6-20-21-7-8-23(28(21,2)11-10-22(20)29)26(34)16-33-25-14-19(30)5-9-24(25)31-32-33;1-21(26)10-11-23(14-27-3)15(12-21)4-5-16-17-6-7-19(20(25)13-24)22(17,2)9-8-18(16)23;7-4-1-2-5-6(3-4)9-10-8-5;;;;/h2*5,9,14,18,20-23,35H,4,6-8,10-13,15-17H2,1-3H3;15-19,26H,4-14H2,1-3H3;1-3H,(H,8,9,10);4*1H4/t2*18-,20+,21+,22+,23-,27-,28+,29-;15-,16+,17+,18+,19-,21-,22+,23-;;;;;/m111...../s1. The van der Waals surface area contributed by atoms with Gasteiger partial charge in [0, 0.05) is 54.2 Å². The second kappa shape index (κ2) is 34.6. The molecule has 0 bridgehead atoms. The number of aromatic nitrogens is 9. The zero-order valence-corrected chi connectivity index (χ0v) is 69.9. The number of fused-ring (bicyclic) bond motifs is 18. The second-order valence-electron chi connectivity index (χ2n) is 38.8. The van der Waals surface area contributed by atoms with Gasteiger partial charge in [-0.25, -0.2) is 9.36 Å². The molecule has 22 heteroatoms. The molecule has 12 aliphatic rings. The van der Waals surface area contributed by atoms with E-state index in [0.717, 1.165) is 162 Å². The molecule has 0 amide bonds. The number of nitrogens with one attached hydrogen (secondary N) is 1. The van der Waals surface area contributed by atoms with Crippen molar-refractivity contribution in [3.8, 4) is 0 Å². The molecule has 18 nitrogen and oxygen atoms in total. The predicted molar refractivity (Wildman–Crippen MR) is 456 cm³/mol. The minimum absolute atomic E-state index is 0. The molecule has 3 aromatic heterocycles. The minimum atomic E-state index is -0.543. The normalized spacial score (nSPS) is 40.2. The molecule has 628 valence electrons. The molecule has 3 heterocycles. The molecule has 0 radical (unpaired) electrons. The third-order valence-electron chi connectivity index (χ3n) is 33.3. The maximum absolute atomic E-state index is 13.8. The highest BCUT2D eigenvalue weighted by Gasteiger charge is 2.67. The first kappa shape index (κ1) is 89.8. The van der Waals surface area contributed by atoms with Crippen LogP contribution in [0.15, 0.2) is 54.6 Å². The molecule has 24 atom stereocenters. The number of alkyl halides is 1. The summed E-state index contributed by atoms with van der Waals surface area (Å²) in [6.07, 6.45) is 29.5. The van der Waals surface area contributed by atoms with Crippen LogP contribution in [0.1, 0.15) is 245 Å². The number of aliphatic hydroxyl groups is 3. The van der Waals surface area contributed by atoms with E-state index in [4.69, 9.17) is 49.0 Å². The SMILES string of the molecule is C.C.C.C.COC[C@]12CC[C@@](C)(O)C[C@H]1CC[C@H]1[C@@H]3CC[C@H](C(=O)CBr)[C@@]3(C)CC[C@@H]12.COC[C@]12CC[C@@](C)(O)C[C@H]1CC[C@H]1[C@@H]3CC[C@H](C(=O)Cn4nnc5cc(Cl)ccc54)[C@@]3(C)CC[C@@H]12.COC[C@]12CC[C@@](C)(O)C[C@H]1CC[C@H]1[C@@H]3CC[C@H](C(=O)Cn4nnc5ccc(Cl)cc54)[C@@]3(C)CC[C@@H]12.Clc1ccc2n[nH]nc2c1. The highest BCUT2D eigenvalue weighted by molar-refractivity contribution is 9.09. The first-order valence-electron chi connectivity index (χ1n) is 41.7. The first-order chi connectivity index (χ1) is 52.0. The van der Waals surface area contributed by atoms with Crippen LogP contribution in [-0.4, -0.2) is 141 Å². The maximum Gasteiger partial charge on any atom is 0.157 e. The third-order valence-corrected chi connectivity index (χ3v) is 34.6. The van der Waals surface area contributed by atoms with Gasteiger partial charge >= 0.3 is 0 Å². The summed E-state index contributed by atoms with van der Waals surface area (Å²) in [5.41, 5.74) is 4.17. The Morgan fingerprint density at radius 3 is 1.19 bits per heavy atom. The number of halogens is 4. The molecule has 18 rings (SSSR count). The lowest BCUT2D eigenvalue weighted by atomic mass is 9.43. The van der Waals surface area contributed by atoms with E-state index in [0.29, 0.717) is 103 Å². The van der Waals surface area contributed by atoms with E-state index in [-0.39, 0.29) is 93.0 Å². The number of carbonyl (C=O) groups excluding carboxylic acids is 3. The minimum Gasteiger partial charge on any atom is -0.390 e. The molecule has 3 aromatic carbocycles. The fourth-order valence-corrected chi connectivity index (χ4v) is 29.4. The van der Waals surface area contributed by atoms with E-state index in [9.17, 15) is 29.7 Å². The van der Waals surface area contributed by atoms with Gasteiger partial charge in [0.1, 0.15) is 40.9 Å². The van der Waals surface area contributed by atoms with Crippen LogP contribution in [0.3, 0.4) is 0 Å². The highest BCUT2D eigenvalue weighted by atomic mass is 79.9. The van der Waals surface area contributed by atoms with Gasteiger partial charge in [-0.1, -0.05) is 112 Å². The van der Waals surface area contributed by atoms with Crippen LogP contribution in [0.25, 0.3) is 33.1 Å². The Hall–Kier alpha value is -4.02. The van der Waals surface area contributed by atoms with Crippen molar-refractivity contribution < 1.29 is 43.9 Å². The number of methoxy groups -OCH3 is 3. The molecule has 0 aliphatic heterocycles. The zero-order valence-electron chi connectivity index (χ0n) is 66.1. The fraction of sp³-hybridized carbons (Fsp3) is 0.769. The summed E-state index contributed by atoms with van der Waals surface area (Å²) < 4.78 is 21.1. The van der Waals surface area contributed by atoms with E-state index < -0.39 is 16.8 Å². The summed E-state index contributed by atoms with van der Waals surface area (Å²) in [6, 6.07) is 16.4. The number of carbonyl (C=O) groups is 3. The highest BCUT2D eigenvalue weighted by Crippen LogP contribution is 2.72. The quantitative estimate of drug-likeness (QED) is 0.0741. The van der Waals surface area contributed by atoms with Gasteiger partial charge in [-0.2, -0.15) is 15.4 Å². The van der Waals surface area contributed by atoms with Crippen molar-refractivity contribution in [3.63, 3.8) is 0 Å². The zero-order chi connectivity index (χ0) is 77.0. The molecular formula is C91H137BrCl3N9O9. The van der Waals surface area contributed by atoms with Crippen LogP contribution < -0.4 is 0 Å². The number of hydrogen-bond donors (Lipinski definition) is 4. The lowest BCUT2D eigenvalue weighted by Crippen LogP contribution is -2.58. The predicted octanol–water partition coefficient (Wildman–Crippen LogP) is 20.5. The molecule has 0 saturated heterocycles. The number of H-pyrrole nitrogens is 1. The third kappa shape index (κ3) is 16.3. The first-order valence-corrected chi connectivity index (χ1v) is 43.9. The number of nitrogens with zero attached hydrogens (tertiary/aromatic N) is 8. The summed E-state index contributed by atoms with van der Waals surface area (Å²) in [5.74, 6) is 9.02. The summed E-state index contributed by atoms with van der Waals surface area (Å²) in [5, 5.41) is 62.2.